The van der Waals surface area contributed by atoms with Crippen molar-refractivity contribution >= 4 is 17.3 Å². The van der Waals surface area contributed by atoms with Gasteiger partial charge in [-0.2, -0.15) is 5.10 Å². The van der Waals surface area contributed by atoms with Gasteiger partial charge in [-0.3, -0.25) is 0 Å². The van der Waals surface area contributed by atoms with Crippen LogP contribution in [0.25, 0.3) is 0 Å². The zero-order valence-corrected chi connectivity index (χ0v) is 15.1. The molecule has 134 valence electrons. The second-order valence-corrected chi connectivity index (χ2v) is 7.06. The summed E-state index contributed by atoms with van der Waals surface area (Å²) in [6, 6.07) is 22.5. The number of ether oxygens (including phenoxy) is 1. The third-order valence-electron chi connectivity index (χ3n) is 5.05. The molecule has 0 unspecified atom stereocenters. The highest BCUT2D eigenvalue weighted by atomic mass is 35.5. The van der Waals surface area contributed by atoms with E-state index in [0.717, 1.165) is 29.0 Å². The minimum atomic E-state index is -0.709. The van der Waals surface area contributed by atoms with Gasteiger partial charge in [0.15, 0.2) is 0 Å². The zero-order valence-electron chi connectivity index (χ0n) is 14.3. The number of hydrogen-bond donors (Lipinski definition) is 0. The van der Waals surface area contributed by atoms with Gasteiger partial charge < -0.3 is 4.74 Å². The van der Waals surface area contributed by atoms with Crippen LogP contribution in [0.15, 0.2) is 77.9 Å². The lowest BCUT2D eigenvalue weighted by Crippen LogP contribution is -2.34. The summed E-state index contributed by atoms with van der Waals surface area (Å²) in [5, 5.41) is 7.00. The molecule has 0 saturated heterocycles. The number of hydrazone groups is 1. The molecular formula is C22H16ClFN2O. The van der Waals surface area contributed by atoms with Crippen molar-refractivity contribution in [2.45, 2.75) is 18.7 Å². The first-order chi connectivity index (χ1) is 13.2. The topological polar surface area (TPSA) is 24.8 Å². The van der Waals surface area contributed by atoms with E-state index in [1.807, 2.05) is 59.6 Å². The normalized spacial score (nSPS) is 20.5. The Kier molecular flexibility index (Phi) is 3.87. The SMILES string of the molecule is Fc1cccc(Cl)c1[C@@H]1Oc2ccccc2[C@@H]2CC(c3ccccc3)=NN21. The molecule has 0 aromatic heterocycles. The molecule has 0 amide bonds. The Morgan fingerprint density at radius 1 is 0.963 bits per heavy atom. The molecule has 0 bridgehead atoms. The largest absolute Gasteiger partial charge is 0.464 e. The highest BCUT2D eigenvalue weighted by Gasteiger charge is 2.42. The number of benzene rings is 3. The lowest BCUT2D eigenvalue weighted by Gasteiger charge is -2.38. The third kappa shape index (κ3) is 2.68. The summed E-state index contributed by atoms with van der Waals surface area (Å²) in [4.78, 5) is 0. The fourth-order valence-corrected chi connectivity index (χ4v) is 4.03. The highest BCUT2D eigenvalue weighted by Crippen LogP contribution is 2.48. The Bertz CT molecular complexity index is 1020. The molecule has 0 fully saturated rings. The molecule has 27 heavy (non-hydrogen) atoms. The summed E-state index contributed by atoms with van der Waals surface area (Å²) in [5.41, 5.74) is 3.38. The van der Waals surface area contributed by atoms with E-state index < -0.39 is 12.0 Å². The number of rotatable bonds is 2. The van der Waals surface area contributed by atoms with Crippen molar-refractivity contribution in [2.75, 3.05) is 0 Å². The van der Waals surface area contributed by atoms with Gasteiger partial charge in [0.1, 0.15) is 11.6 Å². The Morgan fingerprint density at radius 2 is 1.74 bits per heavy atom. The molecule has 2 heterocycles. The minimum Gasteiger partial charge on any atom is -0.464 e. The molecule has 0 aliphatic carbocycles. The number of nitrogens with zero attached hydrogens (tertiary/aromatic N) is 2. The molecule has 3 nitrogen and oxygen atoms in total. The van der Waals surface area contributed by atoms with Gasteiger partial charge in [0, 0.05) is 12.0 Å². The molecule has 3 aromatic rings. The molecule has 5 heteroatoms. The maximum atomic E-state index is 14.6. The fraction of sp³-hybridized carbons (Fsp3) is 0.136. The number of hydrogen-bond acceptors (Lipinski definition) is 3. The van der Waals surface area contributed by atoms with Crippen LogP contribution in [0.1, 0.15) is 35.4 Å². The summed E-state index contributed by atoms with van der Waals surface area (Å²) in [5.74, 6) is 0.349. The Balaban J connectivity index is 1.65. The van der Waals surface area contributed by atoms with Crippen molar-refractivity contribution in [2.24, 2.45) is 5.10 Å². The molecule has 0 spiro atoms. The second kappa shape index (κ2) is 6.39. The second-order valence-electron chi connectivity index (χ2n) is 6.66. The maximum absolute atomic E-state index is 14.6. The zero-order chi connectivity index (χ0) is 18.4. The van der Waals surface area contributed by atoms with Gasteiger partial charge in [0.25, 0.3) is 0 Å². The van der Waals surface area contributed by atoms with E-state index >= 15 is 0 Å². The fourth-order valence-electron chi connectivity index (χ4n) is 3.78. The van der Waals surface area contributed by atoms with E-state index in [0.29, 0.717) is 10.6 Å². The molecular weight excluding hydrogens is 363 g/mol. The first kappa shape index (κ1) is 16.3. The van der Waals surface area contributed by atoms with Crippen LogP contribution in [-0.2, 0) is 0 Å². The molecule has 3 aromatic carbocycles. The van der Waals surface area contributed by atoms with Crippen LogP contribution in [0.2, 0.25) is 5.02 Å². The number of fused-ring (bicyclic) bond motifs is 3. The average molecular weight is 379 g/mol. The van der Waals surface area contributed by atoms with Crippen molar-refractivity contribution < 1.29 is 9.13 Å². The minimum absolute atomic E-state index is 0.0224. The van der Waals surface area contributed by atoms with Crippen molar-refractivity contribution in [3.63, 3.8) is 0 Å². The molecule has 5 rings (SSSR count). The summed E-state index contributed by atoms with van der Waals surface area (Å²) in [6.07, 6.45) is 0.0206. The number of halogens is 2. The Labute approximate surface area is 161 Å². The van der Waals surface area contributed by atoms with Crippen LogP contribution in [0.5, 0.6) is 5.75 Å². The van der Waals surface area contributed by atoms with E-state index in [2.05, 4.69) is 0 Å². The first-order valence-corrected chi connectivity index (χ1v) is 9.21. The highest BCUT2D eigenvalue weighted by molar-refractivity contribution is 6.31. The van der Waals surface area contributed by atoms with Gasteiger partial charge in [-0.25, -0.2) is 9.40 Å². The van der Waals surface area contributed by atoms with Crippen LogP contribution in [-0.4, -0.2) is 10.7 Å². The van der Waals surface area contributed by atoms with Crippen molar-refractivity contribution in [3.05, 3.63) is 100 Å². The van der Waals surface area contributed by atoms with Crippen LogP contribution in [0.3, 0.4) is 0 Å². The molecule has 2 atom stereocenters. The van der Waals surface area contributed by atoms with Gasteiger partial charge in [-0.15, -0.1) is 0 Å². The molecule has 2 aliphatic rings. The summed E-state index contributed by atoms with van der Waals surface area (Å²) >= 11 is 6.34. The van der Waals surface area contributed by atoms with Crippen LogP contribution in [0, 0.1) is 5.82 Å². The molecule has 2 aliphatic heterocycles. The van der Waals surface area contributed by atoms with Crippen LogP contribution < -0.4 is 4.74 Å². The lowest BCUT2D eigenvalue weighted by atomic mass is 9.96. The lowest BCUT2D eigenvalue weighted by molar-refractivity contribution is -0.0211. The predicted octanol–water partition coefficient (Wildman–Crippen LogP) is 5.72. The third-order valence-corrected chi connectivity index (χ3v) is 5.38. The van der Waals surface area contributed by atoms with Crippen molar-refractivity contribution in [3.8, 4) is 5.75 Å². The average Bonchev–Trinajstić information content (AvgIpc) is 3.14. The van der Waals surface area contributed by atoms with E-state index in [1.54, 1.807) is 12.1 Å². The van der Waals surface area contributed by atoms with E-state index in [-0.39, 0.29) is 6.04 Å². The first-order valence-electron chi connectivity index (χ1n) is 8.83. The van der Waals surface area contributed by atoms with Gasteiger partial charge in [-0.1, -0.05) is 66.2 Å². The van der Waals surface area contributed by atoms with Crippen molar-refractivity contribution in [1.29, 1.82) is 0 Å². The van der Waals surface area contributed by atoms with E-state index in [1.165, 1.54) is 6.07 Å². The quantitative estimate of drug-likeness (QED) is 0.569. The summed E-state index contributed by atoms with van der Waals surface area (Å²) in [6.45, 7) is 0. The maximum Gasteiger partial charge on any atom is 0.218 e. The summed E-state index contributed by atoms with van der Waals surface area (Å²) < 4.78 is 20.8. The monoisotopic (exact) mass is 378 g/mol. The molecule has 0 N–H and O–H groups in total. The van der Waals surface area contributed by atoms with Gasteiger partial charge in [0.2, 0.25) is 6.23 Å². The van der Waals surface area contributed by atoms with Crippen LogP contribution >= 0.6 is 11.6 Å². The smallest absolute Gasteiger partial charge is 0.218 e. The van der Waals surface area contributed by atoms with E-state index in [4.69, 9.17) is 21.4 Å². The van der Waals surface area contributed by atoms with E-state index in [9.17, 15) is 4.39 Å². The number of para-hydroxylation sites is 1. The predicted molar refractivity (Wildman–Crippen MR) is 103 cm³/mol. The summed E-state index contributed by atoms with van der Waals surface area (Å²) in [7, 11) is 0. The van der Waals surface area contributed by atoms with Gasteiger partial charge in [-0.05, 0) is 23.8 Å². The standard InChI is InChI=1S/C22H16ClFN2O/c23-16-10-6-11-17(24)21(16)22-26-19(15-9-4-5-12-20(15)27-22)13-18(25-26)14-7-2-1-3-8-14/h1-12,19,22H,13H2/t19-,22-/m0/s1. The molecule has 0 radical (unpaired) electrons. The van der Waals surface area contributed by atoms with Crippen LogP contribution in [0.4, 0.5) is 4.39 Å². The Morgan fingerprint density at radius 3 is 2.56 bits per heavy atom. The van der Waals surface area contributed by atoms with Gasteiger partial charge in [0.05, 0.1) is 22.3 Å². The van der Waals surface area contributed by atoms with Crippen molar-refractivity contribution in [1.82, 2.24) is 5.01 Å². The Hall–Kier alpha value is -2.85. The molecule has 0 saturated carbocycles. The van der Waals surface area contributed by atoms with Gasteiger partial charge >= 0.3 is 0 Å².